The second-order valence-corrected chi connectivity index (χ2v) is 16.4. The number of aliphatic imine (C=N–C) groups is 1. The number of nitrogens with two attached hydrogens (primary N) is 1. The average Bonchev–Trinajstić information content (AvgIpc) is 3.39. The van der Waals surface area contributed by atoms with Crippen molar-refractivity contribution in [2.45, 2.75) is 108 Å². The second kappa shape index (κ2) is 14.2. The molecule has 3 aromatic rings. The Morgan fingerprint density at radius 1 is 0.980 bits per heavy atom. The van der Waals surface area contributed by atoms with Crippen LogP contribution in [0.1, 0.15) is 91.7 Å². The lowest BCUT2D eigenvalue weighted by atomic mass is 9.82. The summed E-state index contributed by atoms with van der Waals surface area (Å²) in [4.78, 5) is 29.7. The first-order valence-electron chi connectivity index (χ1n) is 17.7. The molecule has 0 bridgehead atoms. The summed E-state index contributed by atoms with van der Waals surface area (Å²) in [6.07, 6.45) is 3.50. The van der Waals surface area contributed by atoms with Crippen LogP contribution >= 0.6 is 0 Å². The molecule has 1 unspecified atom stereocenters. The van der Waals surface area contributed by atoms with Crippen molar-refractivity contribution in [3.05, 3.63) is 81.9 Å². The summed E-state index contributed by atoms with van der Waals surface area (Å²) in [6, 6.07) is 14.7. The van der Waals surface area contributed by atoms with Gasteiger partial charge in [0.1, 0.15) is 24.0 Å². The van der Waals surface area contributed by atoms with Gasteiger partial charge < -0.3 is 25.6 Å². The number of alkyl carbamates (subject to hydrolysis) is 1. The van der Waals surface area contributed by atoms with E-state index in [1.54, 1.807) is 6.92 Å². The van der Waals surface area contributed by atoms with Gasteiger partial charge in [0.05, 0.1) is 10.9 Å². The van der Waals surface area contributed by atoms with E-state index in [0.717, 1.165) is 45.6 Å². The van der Waals surface area contributed by atoms with Gasteiger partial charge in [0.15, 0.2) is 0 Å². The Kier molecular flexibility index (Phi) is 10.1. The lowest BCUT2D eigenvalue weighted by molar-refractivity contribution is -0.139. The topological polar surface area (TPSA) is 169 Å². The van der Waals surface area contributed by atoms with Crippen LogP contribution in [0.5, 0.6) is 5.75 Å². The molecule has 1 heterocycles. The summed E-state index contributed by atoms with van der Waals surface area (Å²) < 4.78 is 41.6. The van der Waals surface area contributed by atoms with Gasteiger partial charge in [-0.2, -0.15) is 0 Å². The number of nitrogens with one attached hydrogen (secondary N) is 2. The van der Waals surface area contributed by atoms with Gasteiger partial charge in [0.2, 0.25) is 5.96 Å². The van der Waals surface area contributed by atoms with E-state index >= 15 is 0 Å². The summed E-state index contributed by atoms with van der Waals surface area (Å²) in [5.41, 5.74) is 13.2. The van der Waals surface area contributed by atoms with Crippen LogP contribution in [-0.2, 0) is 26.0 Å². The highest BCUT2D eigenvalue weighted by Crippen LogP contribution is 2.45. The number of benzene rings is 3. The van der Waals surface area contributed by atoms with Crippen LogP contribution in [0.4, 0.5) is 4.79 Å². The maximum absolute atomic E-state index is 13.6. The zero-order valence-corrected chi connectivity index (χ0v) is 30.7. The molecule has 0 saturated heterocycles. The largest absolute Gasteiger partial charge is 0.487 e. The SMILES string of the molecule is Cc1c(C)c(S(=O)(=O)NC(N)=NC2CCC(CC(NC(=O)OCC3c4ccccc4-c4ccccc43)C(=O)O)CC2)c(C)c2c1OC(C)(C)CC2. The van der Waals surface area contributed by atoms with E-state index < -0.39 is 28.1 Å². The summed E-state index contributed by atoms with van der Waals surface area (Å²) in [5.74, 6) is -0.639. The summed E-state index contributed by atoms with van der Waals surface area (Å²) >= 11 is 0. The third-order valence-corrected chi connectivity index (χ3v) is 12.4. The van der Waals surface area contributed by atoms with Crippen molar-refractivity contribution < 1.29 is 32.6 Å². The van der Waals surface area contributed by atoms with Gasteiger partial charge in [0.25, 0.3) is 10.0 Å². The van der Waals surface area contributed by atoms with Crippen LogP contribution in [0.25, 0.3) is 11.1 Å². The van der Waals surface area contributed by atoms with Crippen LogP contribution in [0, 0.1) is 26.7 Å². The Morgan fingerprint density at radius 2 is 1.59 bits per heavy atom. The van der Waals surface area contributed by atoms with Crippen molar-refractivity contribution >= 4 is 28.0 Å². The average molecular weight is 717 g/mol. The number of carbonyl (C=O) groups excluding carboxylic acids is 1. The first-order valence-corrected chi connectivity index (χ1v) is 19.2. The fraction of sp³-hybridized carbons (Fsp3) is 0.462. The number of hydrogen-bond donors (Lipinski definition) is 4. The number of amides is 1. The van der Waals surface area contributed by atoms with E-state index in [0.29, 0.717) is 43.2 Å². The molecule has 0 spiro atoms. The molecule has 272 valence electrons. The number of fused-ring (bicyclic) bond motifs is 4. The fourth-order valence-electron chi connectivity index (χ4n) is 8.01. The third kappa shape index (κ3) is 7.56. The molecule has 1 saturated carbocycles. The van der Waals surface area contributed by atoms with Crippen LogP contribution in [0.3, 0.4) is 0 Å². The fourth-order valence-corrected chi connectivity index (χ4v) is 9.52. The molecule has 3 aromatic carbocycles. The first kappa shape index (κ1) is 36.2. The Balaban J connectivity index is 1.02. The number of carbonyl (C=O) groups is 2. The number of hydrogen-bond acceptors (Lipinski definition) is 7. The smallest absolute Gasteiger partial charge is 0.407 e. The quantitative estimate of drug-likeness (QED) is 0.149. The molecular formula is C39H48N4O7S. The van der Waals surface area contributed by atoms with Crippen molar-refractivity contribution in [3.8, 4) is 16.9 Å². The molecule has 1 atom stereocenters. The van der Waals surface area contributed by atoms with Gasteiger partial charge in [-0.05, 0) is 130 Å². The Labute approximate surface area is 300 Å². The predicted octanol–water partition coefficient (Wildman–Crippen LogP) is 6.25. The number of ether oxygens (including phenoxy) is 2. The zero-order valence-electron chi connectivity index (χ0n) is 29.9. The first-order chi connectivity index (χ1) is 24.1. The van der Waals surface area contributed by atoms with Gasteiger partial charge in [-0.3, -0.25) is 0 Å². The molecule has 0 radical (unpaired) electrons. The third-order valence-electron chi connectivity index (χ3n) is 10.8. The van der Waals surface area contributed by atoms with E-state index in [1.165, 1.54) is 0 Å². The van der Waals surface area contributed by atoms with Crippen molar-refractivity contribution in [3.63, 3.8) is 0 Å². The highest BCUT2D eigenvalue weighted by molar-refractivity contribution is 7.90. The number of carboxylic acid groups (broad SMARTS) is 1. The molecule has 5 N–H and O–H groups in total. The van der Waals surface area contributed by atoms with Gasteiger partial charge in [-0.15, -0.1) is 0 Å². The van der Waals surface area contributed by atoms with E-state index in [4.69, 9.17) is 15.2 Å². The maximum atomic E-state index is 13.6. The normalized spacial score (nSPS) is 20.3. The van der Waals surface area contributed by atoms with Crippen LogP contribution in [-0.4, -0.2) is 55.8 Å². The Hall–Kier alpha value is -4.58. The maximum Gasteiger partial charge on any atom is 0.407 e. The minimum absolute atomic E-state index is 0.0281. The Morgan fingerprint density at radius 3 is 2.20 bits per heavy atom. The highest BCUT2D eigenvalue weighted by Gasteiger charge is 2.35. The van der Waals surface area contributed by atoms with Crippen LogP contribution < -0.4 is 20.5 Å². The summed E-state index contributed by atoms with van der Waals surface area (Å²) in [6.45, 7) is 9.63. The lowest BCUT2D eigenvalue weighted by Crippen LogP contribution is -2.43. The number of carboxylic acids is 1. The molecule has 3 aliphatic rings. The molecule has 11 nitrogen and oxygen atoms in total. The molecule has 1 fully saturated rings. The molecule has 51 heavy (non-hydrogen) atoms. The number of nitrogens with zero attached hydrogens (tertiary/aromatic N) is 1. The molecule has 1 amide bonds. The standard InChI is InChI=1S/C39H48N4O7S/c1-22-23(2)35(24(3)27-18-19-39(4,5)50-34(22)27)51(47,48)43-37(40)41-26-16-14-25(15-17-26)20-33(36(44)45)42-38(46)49-21-32-30-12-8-6-10-28(30)29-11-7-9-13-31(29)32/h6-13,25-26,32-33H,14-21H2,1-5H3,(H,42,46)(H,44,45)(H3,40,41,43). The van der Waals surface area contributed by atoms with Gasteiger partial charge >= 0.3 is 12.1 Å². The number of sulfonamides is 1. The molecule has 2 aliphatic carbocycles. The number of guanidine groups is 1. The molecule has 0 aromatic heterocycles. The minimum Gasteiger partial charge on any atom is -0.487 e. The summed E-state index contributed by atoms with van der Waals surface area (Å²) in [5, 5.41) is 12.5. The van der Waals surface area contributed by atoms with Crippen molar-refractivity contribution in [2.24, 2.45) is 16.6 Å². The van der Waals surface area contributed by atoms with Crippen LogP contribution in [0.15, 0.2) is 58.4 Å². The second-order valence-electron chi connectivity index (χ2n) is 14.8. The number of aliphatic carboxylic acids is 1. The Bertz CT molecular complexity index is 1940. The highest BCUT2D eigenvalue weighted by atomic mass is 32.2. The predicted molar refractivity (Wildman–Crippen MR) is 196 cm³/mol. The van der Waals surface area contributed by atoms with Gasteiger partial charge in [0, 0.05) is 5.92 Å². The molecule has 1 aliphatic heterocycles. The summed E-state index contributed by atoms with van der Waals surface area (Å²) in [7, 11) is -4.02. The number of rotatable bonds is 9. The van der Waals surface area contributed by atoms with E-state index in [2.05, 4.69) is 27.2 Å². The van der Waals surface area contributed by atoms with Crippen molar-refractivity contribution in [1.82, 2.24) is 10.0 Å². The minimum atomic E-state index is -4.02. The van der Waals surface area contributed by atoms with Crippen molar-refractivity contribution in [2.75, 3.05) is 6.61 Å². The van der Waals surface area contributed by atoms with Crippen molar-refractivity contribution in [1.29, 1.82) is 0 Å². The van der Waals surface area contributed by atoms with Gasteiger partial charge in [-0.1, -0.05) is 48.5 Å². The lowest BCUT2D eigenvalue weighted by Gasteiger charge is -2.35. The monoisotopic (exact) mass is 716 g/mol. The molecular weight excluding hydrogens is 669 g/mol. The van der Waals surface area contributed by atoms with E-state index in [9.17, 15) is 23.1 Å². The van der Waals surface area contributed by atoms with Gasteiger partial charge in [-0.25, -0.2) is 27.7 Å². The molecule has 12 heteroatoms. The van der Waals surface area contributed by atoms with Crippen LogP contribution in [0.2, 0.25) is 0 Å². The van der Waals surface area contributed by atoms with E-state index in [-0.39, 0.29) is 47.4 Å². The van der Waals surface area contributed by atoms with E-state index in [1.807, 2.05) is 64.1 Å². The molecule has 6 rings (SSSR count). The zero-order chi connectivity index (χ0) is 36.7.